The molecule has 7 heteroatoms. The van der Waals surface area contributed by atoms with Crippen LogP contribution >= 0.6 is 0 Å². The Kier molecular flexibility index (Phi) is 6.07. The van der Waals surface area contributed by atoms with Gasteiger partial charge in [0.1, 0.15) is 0 Å². The Morgan fingerprint density at radius 2 is 1.84 bits per heavy atom. The Balaban J connectivity index is 1.57. The molecule has 164 valence electrons. The zero-order chi connectivity index (χ0) is 22.7. The Morgan fingerprint density at radius 3 is 2.56 bits per heavy atom. The fraction of sp³-hybridized carbons (Fsp3) is 0.240. The van der Waals surface area contributed by atoms with Crippen LogP contribution in [0.3, 0.4) is 0 Å². The Morgan fingerprint density at radius 1 is 1.06 bits per heavy atom. The molecule has 0 aliphatic rings. The average Bonchev–Trinajstić information content (AvgIpc) is 3.16. The summed E-state index contributed by atoms with van der Waals surface area (Å²) in [6, 6.07) is 15.3. The maximum atomic E-state index is 13.1. The van der Waals surface area contributed by atoms with E-state index in [-0.39, 0.29) is 5.91 Å². The van der Waals surface area contributed by atoms with E-state index in [1.807, 2.05) is 62.5 Å². The molecule has 4 rings (SSSR count). The van der Waals surface area contributed by atoms with E-state index in [1.165, 1.54) is 0 Å². The molecule has 0 saturated carbocycles. The third-order valence-corrected chi connectivity index (χ3v) is 5.62. The minimum Gasteiger partial charge on any atom is -0.493 e. The van der Waals surface area contributed by atoms with Crippen LogP contribution in [0.25, 0.3) is 22.2 Å². The number of methoxy groups -OCH3 is 2. The summed E-state index contributed by atoms with van der Waals surface area (Å²) in [7, 11) is 5.11. The Bertz CT molecular complexity index is 1280. The summed E-state index contributed by atoms with van der Waals surface area (Å²) >= 11 is 0. The number of para-hydroxylation sites is 1. The molecule has 0 radical (unpaired) electrons. The monoisotopic (exact) mass is 430 g/mol. The van der Waals surface area contributed by atoms with Gasteiger partial charge in [-0.2, -0.15) is 5.10 Å². The maximum Gasteiger partial charge on any atom is 0.252 e. The molecule has 4 aromatic rings. The summed E-state index contributed by atoms with van der Waals surface area (Å²) in [5.41, 5.74) is 5.07. The second-order valence-corrected chi connectivity index (χ2v) is 7.53. The third-order valence-electron chi connectivity index (χ3n) is 5.62. The molecule has 0 aliphatic carbocycles. The normalized spacial score (nSPS) is 10.9. The van der Waals surface area contributed by atoms with E-state index in [9.17, 15) is 4.79 Å². The SMILES string of the molecule is COc1ccc(CCNC(=O)c2cc(-c3cnn(C)c3C)nc3ccccc23)cc1OC. The van der Waals surface area contributed by atoms with Crippen LogP contribution in [0.2, 0.25) is 0 Å². The topological polar surface area (TPSA) is 78.3 Å². The number of pyridine rings is 1. The van der Waals surface area contributed by atoms with Crippen molar-refractivity contribution in [1.82, 2.24) is 20.1 Å². The fourth-order valence-corrected chi connectivity index (χ4v) is 3.70. The van der Waals surface area contributed by atoms with Crippen molar-refractivity contribution in [2.45, 2.75) is 13.3 Å². The van der Waals surface area contributed by atoms with E-state index in [0.29, 0.717) is 30.0 Å². The first-order valence-corrected chi connectivity index (χ1v) is 10.4. The molecule has 2 heterocycles. The predicted molar refractivity (Wildman–Crippen MR) is 124 cm³/mol. The number of rotatable bonds is 7. The molecule has 0 bridgehead atoms. The molecule has 2 aromatic heterocycles. The van der Waals surface area contributed by atoms with Gasteiger partial charge in [0.2, 0.25) is 0 Å². The van der Waals surface area contributed by atoms with Gasteiger partial charge in [0.05, 0.1) is 37.2 Å². The molecule has 0 aliphatic heterocycles. The number of benzene rings is 2. The van der Waals surface area contributed by atoms with Gasteiger partial charge in [-0.05, 0) is 43.2 Å². The zero-order valence-electron chi connectivity index (χ0n) is 18.7. The molecule has 32 heavy (non-hydrogen) atoms. The number of aryl methyl sites for hydroxylation is 1. The van der Waals surface area contributed by atoms with Crippen molar-refractivity contribution in [3.63, 3.8) is 0 Å². The van der Waals surface area contributed by atoms with Crippen molar-refractivity contribution in [3.05, 3.63) is 71.5 Å². The molecule has 0 saturated heterocycles. The van der Waals surface area contributed by atoms with E-state index >= 15 is 0 Å². The first-order chi connectivity index (χ1) is 15.5. The van der Waals surface area contributed by atoms with Crippen LogP contribution in [0.1, 0.15) is 21.6 Å². The van der Waals surface area contributed by atoms with Gasteiger partial charge in [-0.15, -0.1) is 0 Å². The van der Waals surface area contributed by atoms with Crippen LogP contribution < -0.4 is 14.8 Å². The van der Waals surface area contributed by atoms with Crippen LogP contribution in [0, 0.1) is 6.92 Å². The number of ether oxygens (including phenoxy) is 2. The summed E-state index contributed by atoms with van der Waals surface area (Å²) in [5, 5.41) is 8.18. The quantitative estimate of drug-likeness (QED) is 0.481. The van der Waals surface area contributed by atoms with Crippen LogP contribution in [-0.2, 0) is 13.5 Å². The molecule has 0 fully saturated rings. The zero-order valence-corrected chi connectivity index (χ0v) is 18.7. The number of fused-ring (bicyclic) bond motifs is 1. The van der Waals surface area contributed by atoms with Gasteiger partial charge in [-0.25, -0.2) is 4.98 Å². The van der Waals surface area contributed by atoms with Crippen molar-refractivity contribution in [3.8, 4) is 22.8 Å². The lowest BCUT2D eigenvalue weighted by Gasteiger charge is -2.12. The highest BCUT2D eigenvalue weighted by atomic mass is 16.5. The van der Waals surface area contributed by atoms with Crippen molar-refractivity contribution in [2.24, 2.45) is 7.05 Å². The standard InChI is InChI=1S/C25H26N4O3/c1-16-20(15-27-29(16)2)22-14-19(18-7-5-6-8-21(18)28-22)25(30)26-12-11-17-9-10-23(31-3)24(13-17)32-4/h5-10,13-15H,11-12H2,1-4H3,(H,26,30). The minimum atomic E-state index is -0.133. The maximum absolute atomic E-state index is 13.1. The second-order valence-electron chi connectivity index (χ2n) is 7.53. The van der Waals surface area contributed by atoms with Crippen LogP contribution in [0.15, 0.2) is 54.7 Å². The van der Waals surface area contributed by atoms with Gasteiger partial charge in [-0.1, -0.05) is 24.3 Å². The molecule has 0 unspecified atom stereocenters. The number of amides is 1. The minimum absolute atomic E-state index is 0.133. The van der Waals surface area contributed by atoms with E-state index in [2.05, 4.69) is 10.4 Å². The highest BCUT2D eigenvalue weighted by Gasteiger charge is 2.16. The summed E-state index contributed by atoms with van der Waals surface area (Å²) in [6.45, 7) is 2.48. The predicted octanol–water partition coefficient (Wildman–Crippen LogP) is 3.93. The highest BCUT2D eigenvalue weighted by molar-refractivity contribution is 6.07. The van der Waals surface area contributed by atoms with E-state index in [4.69, 9.17) is 14.5 Å². The second kappa shape index (κ2) is 9.09. The summed E-state index contributed by atoms with van der Waals surface area (Å²) in [6.07, 6.45) is 2.45. The number of hydrogen-bond acceptors (Lipinski definition) is 5. The summed E-state index contributed by atoms with van der Waals surface area (Å²) < 4.78 is 12.4. The molecule has 2 aromatic carbocycles. The molecular weight excluding hydrogens is 404 g/mol. The van der Waals surface area contributed by atoms with Gasteiger partial charge >= 0.3 is 0 Å². The lowest BCUT2D eigenvalue weighted by Crippen LogP contribution is -2.26. The first-order valence-electron chi connectivity index (χ1n) is 10.4. The number of carbonyl (C=O) groups excluding carboxylic acids is 1. The van der Waals surface area contributed by atoms with E-state index < -0.39 is 0 Å². The largest absolute Gasteiger partial charge is 0.493 e. The molecule has 1 amide bonds. The smallest absolute Gasteiger partial charge is 0.252 e. The third kappa shape index (κ3) is 4.14. The molecule has 1 N–H and O–H groups in total. The average molecular weight is 431 g/mol. The van der Waals surface area contributed by atoms with Gasteiger partial charge in [0.25, 0.3) is 5.91 Å². The molecule has 7 nitrogen and oxygen atoms in total. The van der Waals surface area contributed by atoms with Gasteiger partial charge in [0.15, 0.2) is 11.5 Å². The van der Waals surface area contributed by atoms with E-state index in [0.717, 1.165) is 33.4 Å². The van der Waals surface area contributed by atoms with Gasteiger partial charge < -0.3 is 14.8 Å². The van der Waals surface area contributed by atoms with Crippen molar-refractivity contribution < 1.29 is 14.3 Å². The number of nitrogens with one attached hydrogen (secondary N) is 1. The number of aromatic nitrogens is 3. The van der Waals surface area contributed by atoms with Crippen molar-refractivity contribution >= 4 is 16.8 Å². The number of hydrogen-bond donors (Lipinski definition) is 1. The lowest BCUT2D eigenvalue weighted by molar-refractivity contribution is 0.0955. The molecule has 0 atom stereocenters. The Labute approximate surface area is 187 Å². The van der Waals surface area contributed by atoms with Crippen LogP contribution in [0.5, 0.6) is 11.5 Å². The molecular formula is C25H26N4O3. The van der Waals surface area contributed by atoms with Crippen LogP contribution in [-0.4, -0.2) is 41.4 Å². The Hall–Kier alpha value is -3.87. The fourth-order valence-electron chi connectivity index (χ4n) is 3.70. The first kappa shape index (κ1) is 21.4. The molecule has 0 spiro atoms. The summed E-state index contributed by atoms with van der Waals surface area (Å²) in [5.74, 6) is 1.22. The highest BCUT2D eigenvalue weighted by Crippen LogP contribution is 2.28. The lowest BCUT2D eigenvalue weighted by atomic mass is 10.0. The number of carbonyl (C=O) groups is 1. The van der Waals surface area contributed by atoms with Crippen LogP contribution in [0.4, 0.5) is 0 Å². The number of nitrogens with zero attached hydrogens (tertiary/aromatic N) is 3. The van der Waals surface area contributed by atoms with Crippen molar-refractivity contribution in [2.75, 3.05) is 20.8 Å². The van der Waals surface area contributed by atoms with Gasteiger partial charge in [0, 0.05) is 30.2 Å². The van der Waals surface area contributed by atoms with Gasteiger partial charge in [-0.3, -0.25) is 9.48 Å². The van der Waals surface area contributed by atoms with E-state index in [1.54, 1.807) is 25.1 Å². The van der Waals surface area contributed by atoms with Crippen molar-refractivity contribution in [1.29, 1.82) is 0 Å². The summed E-state index contributed by atoms with van der Waals surface area (Å²) in [4.78, 5) is 17.9.